The van der Waals surface area contributed by atoms with Gasteiger partial charge in [-0.1, -0.05) is 5.16 Å². The van der Waals surface area contributed by atoms with Gasteiger partial charge in [0, 0.05) is 36.8 Å². The fraction of sp³-hybridized carbons (Fsp3) is 0.250. The Balaban J connectivity index is 0.00000208. The molecule has 0 saturated carbocycles. The number of benzene rings is 1. The number of aromatic nitrogens is 2. The number of hydrogen-bond donors (Lipinski definition) is 3. The Morgan fingerprint density at radius 1 is 1.33 bits per heavy atom. The zero-order valence-electron chi connectivity index (χ0n) is 13.2. The average molecular weight is 443 g/mol. The van der Waals surface area contributed by atoms with Crippen molar-refractivity contribution >= 4 is 40.8 Å². The second kappa shape index (κ2) is 8.67. The molecule has 0 aliphatic heterocycles. The molecule has 0 aliphatic rings. The topological polar surface area (TPSA) is 78.2 Å². The van der Waals surface area contributed by atoms with Crippen LogP contribution in [0.25, 0.3) is 10.9 Å². The van der Waals surface area contributed by atoms with Crippen LogP contribution in [0.4, 0.5) is 4.39 Å². The third-order valence-corrected chi connectivity index (χ3v) is 3.57. The van der Waals surface area contributed by atoms with Crippen LogP contribution in [0.3, 0.4) is 0 Å². The van der Waals surface area contributed by atoms with Gasteiger partial charge in [-0.25, -0.2) is 4.39 Å². The molecule has 0 saturated heterocycles. The first kappa shape index (κ1) is 18.2. The van der Waals surface area contributed by atoms with Gasteiger partial charge in [0.1, 0.15) is 17.8 Å². The fourth-order valence-corrected chi connectivity index (χ4v) is 2.40. The molecule has 0 radical (unpaired) electrons. The van der Waals surface area contributed by atoms with Gasteiger partial charge in [0.2, 0.25) is 0 Å². The average Bonchev–Trinajstić information content (AvgIpc) is 3.20. The standard InChI is InChI=1S/C16H18FN5O.HI/c1-18-16(21-10-13-5-7-23-22-13)19-6-4-11-9-20-15-8-12(17)2-3-14(11)15;/h2-3,5,7-9,20H,4,6,10H2,1H3,(H2,18,19,21);1H. The number of aromatic amines is 1. The Hall–Kier alpha value is -2.10. The summed E-state index contributed by atoms with van der Waals surface area (Å²) in [7, 11) is 1.71. The molecule has 0 atom stereocenters. The number of halogens is 2. The van der Waals surface area contributed by atoms with Crippen LogP contribution in [0.2, 0.25) is 0 Å². The van der Waals surface area contributed by atoms with Gasteiger partial charge in [0.15, 0.2) is 5.96 Å². The largest absolute Gasteiger partial charge is 0.364 e. The zero-order valence-corrected chi connectivity index (χ0v) is 15.5. The van der Waals surface area contributed by atoms with E-state index in [-0.39, 0.29) is 29.8 Å². The highest BCUT2D eigenvalue weighted by Gasteiger charge is 2.05. The molecule has 24 heavy (non-hydrogen) atoms. The van der Waals surface area contributed by atoms with Crippen LogP contribution in [-0.2, 0) is 13.0 Å². The Morgan fingerprint density at radius 2 is 2.21 bits per heavy atom. The molecular weight excluding hydrogens is 424 g/mol. The van der Waals surface area contributed by atoms with Crippen LogP contribution in [-0.4, -0.2) is 29.7 Å². The summed E-state index contributed by atoms with van der Waals surface area (Å²) in [5.74, 6) is 0.459. The number of rotatable bonds is 5. The van der Waals surface area contributed by atoms with Crippen molar-refractivity contribution < 1.29 is 8.91 Å². The van der Waals surface area contributed by atoms with E-state index in [0.29, 0.717) is 19.0 Å². The molecule has 3 rings (SSSR count). The van der Waals surface area contributed by atoms with Gasteiger partial charge in [-0.15, -0.1) is 24.0 Å². The third-order valence-electron chi connectivity index (χ3n) is 3.57. The number of H-pyrrole nitrogens is 1. The second-order valence-electron chi connectivity index (χ2n) is 5.10. The maximum atomic E-state index is 13.2. The summed E-state index contributed by atoms with van der Waals surface area (Å²) < 4.78 is 18.0. The Kier molecular flexibility index (Phi) is 6.59. The third kappa shape index (κ3) is 4.47. The van der Waals surface area contributed by atoms with E-state index < -0.39 is 0 Å². The molecule has 3 aromatic rings. The molecule has 6 nitrogen and oxygen atoms in total. The quantitative estimate of drug-likeness (QED) is 0.322. The molecule has 0 spiro atoms. The highest BCUT2D eigenvalue weighted by molar-refractivity contribution is 14.0. The van der Waals surface area contributed by atoms with E-state index in [1.54, 1.807) is 19.2 Å². The molecule has 2 aromatic heterocycles. The zero-order chi connectivity index (χ0) is 16.1. The number of hydrogen-bond acceptors (Lipinski definition) is 3. The number of nitrogens with zero attached hydrogens (tertiary/aromatic N) is 2. The first-order valence-electron chi connectivity index (χ1n) is 7.35. The lowest BCUT2D eigenvalue weighted by Crippen LogP contribution is -2.37. The maximum Gasteiger partial charge on any atom is 0.191 e. The first-order valence-corrected chi connectivity index (χ1v) is 7.35. The molecule has 3 N–H and O–H groups in total. The van der Waals surface area contributed by atoms with Gasteiger partial charge in [-0.3, -0.25) is 4.99 Å². The van der Waals surface area contributed by atoms with Gasteiger partial charge >= 0.3 is 0 Å². The van der Waals surface area contributed by atoms with Crippen LogP contribution in [0.1, 0.15) is 11.3 Å². The summed E-state index contributed by atoms with van der Waals surface area (Å²) in [5, 5.41) is 11.3. The van der Waals surface area contributed by atoms with Gasteiger partial charge in [-0.05, 0) is 30.2 Å². The van der Waals surface area contributed by atoms with Gasteiger partial charge in [0.25, 0.3) is 0 Å². The van der Waals surface area contributed by atoms with E-state index in [0.717, 1.165) is 28.6 Å². The Bertz CT molecular complexity index is 800. The molecule has 0 bridgehead atoms. The predicted octanol–water partition coefficient (Wildman–Crippen LogP) is 2.82. The van der Waals surface area contributed by atoms with E-state index in [1.807, 2.05) is 6.20 Å². The molecule has 8 heteroatoms. The van der Waals surface area contributed by atoms with Crippen molar-refractivity contribution in [3.63, 3.8) is 0 Å². The first-order chi connectivity index (χ1) is 11.3. The lowest BCUT2D eigenvalue weighted by atomic mass is 10.1. The van der Waals surface area contributed by atoms with E-state index >= 15 is 0 Å². The molecular formula is C16H19FIN5O. The Morgan fingerprint density at radius 3 is 2.96 bits per heavy atom. The van der Waals surface area contributed by atoms with Crippen LogP contribution in [0.5, 0.6) is 0 Å². The van der Waals surface area contributed by atoms with Crippen molar-refractivity contribution in [1.82, 2.24) is 20.8 Å². The van der Waals surface area contributed by atoms with Crippen LogP contribution < -0.4 is 10.6 Å². The second-order valence-corrected chi connectivity index (χ2v) is 5.10. The number of aliphatic imine (C=N–C) groups is 1. The smallest absolute Gasteiger partial charge is 0.191 e. The molecule has 0 aliphatic carbocycles. The molecule has 0 unspecified atom stereocenters. The lowest BCUT2D eigenvalue weighted by Gasteiger charge is -2.10. The van der Waals surface area contributed by atoms with E-state index in [4.69, 9.17) is 4.52 Å². The number of guanidine groups is 1. The number of nitrogens with one attached hydrogen (secondary N) is 3. The van der Waals surface area contributed by atoms with Crippen LogP contribution in [0.15, 0.2) is 46.2 Å². The normalized spacial score (nSPS) is 11.3. The van der Waals surface area contributed by atoms with Crippen molar-refractivity contribution in [2.45, 2.75) is 13.0 Å². The van der Waals surface area contributed by atoms with Crippen molar-refractivity contribution in [2.75, 3.05) is 13.6 Å². The minimum Gasteiger partial charge on any atom is -0.364 e. The summed E-state index contributed by atoms with van der Waals surface area (Å²) in [6.45, 7) is 1.26. The summed E-state index contributed by atoms with van der Waals surface area (Å²) in [5.41, 5.74) is 2.76. The minimum atomic E-state index is -0.235. The fourth-order valence-electron chi connectivity index (χ4n) is 2.40. The lowest BCUT2D eigenvalue weighted by molar-refractivity contribution is 0.410. The highest BCUT2D eigenvalue weighted by atomic mass is 127. The van der Waals surface area contributed by atoms with Gasteiger partial charge in [0.05, 0.1) is 6.54 Å². The van der Waals surface area contributed by atoms with Crippen molar-refractivity contribution in [2.24, 2.45) is 4.99 Å². The highest BCUT2D eigenvalue weighted by Crippen LogP contribution is 2.19. The van der Waals surface area contributed by atoms with Gasteiger partial charge < -0.3 is 20.1 Å². The number of fused-ring (bicyclic) bond motifs is 1. The van der Waals surface area contributed by atoms with Gasteiger partial charge in [-0.2, -0.15) is 0 Å². The van der Waals surface area contributed by atoms with Crippen LogP contribution >= 0.6 is 24.0 Å². The summed E-state index contributed by atoms with van der Waals surface area (Å²) >= 11 is 0. The Labute approximate surface area is 155 Å². The van der Waals surface area contributed by atoms with Crippen molar-refractivity contribution in [3.8, 4) is 0 Å². The van der Waals surface area contributed by atoms with Crippen molar-refractivity contribution in [3.05, 3.63) is 53.8 Å². The summed E-state index contributed by atoms with van der Waals surface area (Å²) in [6, 6.07) is 6.58. The van der Waals surface area contributed by atoms with E-state index in [2.05, 4.69) is 25.8 Å². The molecule has 2 heterocycles. The SMILES string of the molecule is CN=C(NCCc1c[nH]c2cc(F)ccc12)NCc1ccon1.I. The summed E-state index contributed by atoms with van der Waals surface area (Å²) in [6.07, 6.45) is 4.25. The minimum absolute atomic E-state index is 0. The van der Waals surface area contributed by atoms with Crippen LogP contribution in [0, 0.1) is 5.82 Å². The molecule has 1 aromatic carbocycles. The summed E-state index contributed by atoms with van der Waals surface area (Å²) in [4.78, 5) is 7.25. The van der Waals surface area contributed by atoms with E-state index in [1.165, 1.54) is 18.4 Å². The maximum absolute atomic E-state index is 13.2. The molecule has 0 amide bonds. The van der Waals surface area contributed by atoms with Crippen molar-refractivity contribution in [1.29, 1.82) is 0 Å². The van der Waals surface area contributed by atoms with E-state index in [9.17, 15) is 4.39 Å². The predicted molar refractivity (Wildman–Crippen MR) is 102 cm³/mol. The molecule has 128 valence electrons. The monoisotopic (exact) mass is 443 g/mol. The molecule has 0 fully saturated rings.